The van der Waals surface area contributed by atoms with Crippen LogP contribution in [0.1, 0.15) is 11.3 Å². The van der Waals surface area contributed by atoms with Gasteiger partial charge in [-0.15, -0.1) is 22.9 Å². The van der Waals surface area contributed by atoms with E-state index in [1.165, 1.54) is 11.3 Å². The quantitative estimate of drug-likeness (QED) is 0.442. The van der Waals surface area contributed by atoms with Crippen molar-refractivity contribution < 1.29 is 4.79 Å². The van der Waals surface area contributed by atoms with E-state index in [-0.39, 0.29) is 0 Å². The van der Waals surface area contributed by atoms with Crippen molar-refractivity contribution in [1.29, 1.82) is 0 Å². The number of halogens is 2. The van der Waals surface area contributed by atoms with Gasteiger partial charge in [0.25, 0.3) is 0 Å². The van der Waals surface area contributed by atoms with Gasteiger partial charge in [-0.1, -0.05) is 11.6 Å². The first-order valence-electron chi connectivity index (χ1n) is 3.72. The zero-order valence-electron chi connectivity index (χ0n) is 6.80. The third kappa shape index (κ3) is 3.14. The molecule has 4 heteroatoms. The van der Waals surface area contributed by atoms with Crippen LogP contribution in [-0.4, -0.2) is 12.2 Å². The van der Waals surface area contributed by atoms with Gasteiger partial charge in [0.2, 0.25) is 0 Å². The molecule has 0 N–H and O–H groups in total. The molecule has 0 aliphatic heterocycles. The van der Waals surface area contributed by atoms with Crippen molar-refractivity contribution in [3.8, 4) is 0 Å². The lowest BCUT2D eigenvalue weighted by molar-refractivity contribution is -0.104. The van der Waals surface area contributed by atoms with E-state index in [0.717, 1.165) is 11.2 Å². The summed E-state index contributed by atoms with van der Waals surface area (Å²) in [5, 5.41) is 2.57. The van der Waals surface area contributed by atoms with Gasteiger partial charge in [0, 0.05) is 10.8 Å². The van der Waals surface area contributed by atoms with Crippen molar-refractivity contribution in [1.82, 2.24) is 0 Å². The molecule has 0 fully saturated rings. The topological polar surface area (TPSA) is 17.1 Å². The Morgan fingerprint density at radius 3 is 2.85 bits per heavy atom. The molecule has 1 heterocycles. The molecular weight excluding hydrogens is 227 g/mol. The molecule has 0 radical (unpaired) electrons. The molecule has 0 atom stereocenters. The third-order valence-electron chi connectivity index (χ3n) is 1.50. The molecule has 13 heavy (non-hydrogen) atoms. The van der Waals surface area contributed by atoms with E-state index >= 15 is 0 Å². The van der Waals surface area contributed by atoms with E-state index in [1.807, 2.05) is 5.38 Å². The summed E-state index contributed by atoms with van der Waals surface area (Å²) in [7, 11) is 0. The van der Waals surface area contributed by atoms with Gasteiger partial charge >= 0.3 is 0 Å². The standard InChI is InChI=1S/C9H8Cl2OS/c10-3-1-7(6-12)5-9-8(11)2-4-13-9/h2,4-6H,1,3H2/b7-5-. The molecule has 1 nitrogen and oxygen atoms in total. The molecule has 1 aromatic heterocycles. The summed E-state index contributed by atoms with van der Waals surface area (Å²) < 4.78 is 0. The van der Waals surface area contributed by atoms with E-state index in [9.17, 15) is 4.79 Å². The number of carbonyl (C=O) groups is 1. The van der Waals surface area contributed by atoms with E-state index in [1.54, 1.807) is 12.1 Å². The molecule has 0 aliphatic rings. The van der Waals surface area contributed by atoms with Crippen LogP contribution >= 0.6 is 34.5 Å². The van der Waals surface area contributed by atoms with Crippen LogP contribution < -0.4 is 0 Å². The molecule has 0 unspecified atom stereocenters. The number of aldehydes is 1. The van der Waals surface area contributed by atoms with Gasteiger partial charge in [0.15, 0.2) is 0 Å². The Bertz CT molecular complexity index is 317. The van der Waals surface area contributed by atoms with Crippen molar-refractivity contribution >= 4 is 46.9 Å². The molecule has 0 spiro atoms. The normalized spacial score (nSPS) is 11.7. The maximum Gasteiger partial charge on any atom is 0.146 e. The van der Waals surface area contributed by atoms with Crippen LogP contribution in [0.5, 0.6) is 0 Å². The molecule has 0 aromatic carbocycles. The third-order valence-corrected chi connectivity index (χ3v) is 2.99. The lowest BCUT2D eigenvalue weighted by atomic mass is 10.2. The first kappa shape index (κ1) is 10.8. The molecule has 1 aromatic rings. The predicted octanol–water partition coefficient (Wildman–Crippen LogP) is 3.61. The van der Waals surface area contributed by atoms with Crippen molar-refractivity contribution in [3.05, 3.63) is 26.9 Å². The average molecular weight is 235 g/mol. The van der Waals surface area contributed by atoms with Crippen LogP contribution in [0.3, 0.4) is 0 Å². The number of thiophene rings is 1. The second-order valence-electron chi connectivity index (χ2n) is 2.41. The fourth-order valence-electron chi connectivity index (χ4n) is 0.851. The summed E-state index contributed by atoms with van der Waals surface area (Å²) in [6.07, 6.45) is 3.18. The van der Waals surface area contributed by atoms with Crippen LogP contribution in [0.15, 0.2) is 17.0 Å². The number of allylic oxidation sites excluding steroid dienone is 1. The lowest BCUT2D eigenvalue weighted by Crippen LogP contribution is -1.85. The monoisotopic (exact) mass is 234 g/mol. The van der Waals surface area contributed by atoms with Gasteiger partial charge in [-0.3, -0.25) is 4.79 Å². The van der Waals surface area contributed by atoms with Gasteiger partial charge in [0.1, 0.15) is 6.29 Å². The van der Waals surface area contributed by atoms with Crippen molar-refractivity contribution in [2.75, 3.05) is 5.88 Å². The number of hydrogen-bond acceptors (Lipinski definition) is 2. The molecule has 0 bridgehead atoms. The smallest absolute Gasteiger partial charge is 0.146 e. The number of rotatable bonds is 4. The Balaban J connectivity index is 2.84. The molecule has 0 aliphatic carbocycles. The van der Waals surface area contributed by atoms with E-state index in [0.29, 0.717) is 22.9 Å². The minimum absolute atomic E-state index is 0.452. The van der Waals surface area contributed by atoms with E-state index in [2.05, 4.69) is 0 Å². The maximum absolute atomic E-state index is 10.6. The highest BCUT2D eigenvalue weighted by Crippen LogP contribution is 2.24. The van der Waals surface area contributed by atoms with Gasteiger partial charge in [-0.05, 0) is 29.5 Å². The Morgan fingerprint density at radius 1 is 1.62 bits per heavy atom. The van der Waals surface area contributed by atoms with Gasteiger partial charge in [0.05, 0.1) is 5.02 Å². The molecule has 0 saturated heterocycles. The van der Waals surface area contributed by atoms with Crippen LogP contribution in [0.4, 0.5) is 0 Å². The summed E-state index contributed by atoms with van der Waals surface area (Å²) in [5.74, 6) is 0.452. The first-order valence-corrected chi connectivity index (χ1v) is 5.52. The lowest BCUT2D eigenvalue weighted by Gasteiger charge is -1.94. The van der Waals surface area contributed by atoms with Crippen molar-refractivity contribution in [3.63, 3.8) is 0 Å². The zero-order valence-corrected chi connectivity index (χ0v) is 9.12. The van der Waals surface area contributed by atoms with Crippen LogP contribution in [0, 0.1) is 0 Å². The fraction of sp³-hybridized carbons (Fsp3) is 0.222. The summed E-state index contributed by atoms with van der Waals surface area (Å²) in [6, 6.07) is 1.81. The predicted molar refractivity (Wildman–Crippen MR) is 58.7 cm³/mol. The summed E-state index contributed by atoms with van der Waals surface area (Å²) >= 11 is 12.9. The average Bonchev–Trinajstić information content (AvgIpc) is 2.51. The summed E-state index contributed by atoms with van der Waals surface area (Å²) in [6.45, 7) is 0. The minimum Gasteiger partial charge on any atom is -0.298 e. The summed E-state index contributed by atoms with van der Waals surface area (Å²) in [4.78, 5) is 11.5. The number of alkyl halides is 1. The Morgan fingerprint density at radius 2 is 2.38 bits per heavy atom. The summed E-state index contributed by atoms with van der Waals surface area (Å²) in [5.41, 5.74) is 0.680. The van der Waals surface area contributed by atoms with E-state index < -0.39 is 0 Å². The SMILES string of the molecule is O=C/C(=C\c1sccc1Cl)CCCl. The Labute approximate surface area is 91.0 Å². The highest BCUT2D eigenvalue weighted by molar-refractivity contribution is 7.11. The number of hydrogen-bond donors (Lipinski definition) is 0. The minimum atomic E-state index is 0.452. The van der Waals surface area contributed by atoms with Crippen LogP contribution in [0.2, 0.25) is 5.02 Å². The van der Waals surface area contributed by atoms with Gasteiger partial charge in [-0.2, -0.15) is 0 Å². The molecular formula is C9H8Cl2OS. The highest BCUT2D eigenvalue weighted by atomic mass is 35.5. The Kier molecular flexibility index (Phi) is 4.50. The second kappa shape index (κ2) is 5.43. The molecule has 0 amide bonds. The Hall–Kier alpha value is -0.310. The van der Waals surface area contributed by atoms with Crippen LogP contribution in [-0.2, 0) is 4.79 Å². The second-order valence-corrected chi connectivity index (χ2v) is 4.14. The zero-order chi connectivity index (χ0) is 9.68. The fourth-order valence-corrected chi connectivity index (χ4v) is 2.15. The number of carbonyl (C=O) groups excluding carboxylic acids is 1. The largest absolute Gasteiger partial charge is 0.298 e. The van der Waals surface area contributed by atoms with Gasteiger partial charge < -0.3 is 0 Å². The van der Waals surface area contributed by atoms with Crippen LogP contribution in [0.25, 0.3) is 6.08 Å². The van der Waals surface area contributed by atoms with E-state index in [4.69, 9.17) is 23.2 Å². The first-order chi connectivity index (χ1) is 6.27. The highest BCUT2D eigenvalue weighted by Gasteiger charge is 2.00. The molecule has 1 rings (SSSR count). The molecule has 0 saturated carbocycles. The van der Waals surface area contributed by atoms with Crippen molar-refractivity contribution in [2.24, 2.45) is 0 Å². The van der Waals surface area contributed by atoms with Crippen molar-refractivity contribution in [2.45, 2.75) is 6.42 Å². The maximum atomic E-state index is 10.6. The van der Waals surface area contributed by atoms with Gasteiger partial charge in [-0.25, -0.2) is 0 Å². The molecule has 70 valence electrons.